The molecule has 1 aromatic rings. The SMILES string of the molecule is CNc1ccccc1OCCN. The van der Waals surface area contributed by atoms with Crippen molar-refractivity contribution in [3.63, 3.8) is 0 Å². The fourth-order valence-electron chi connectivity index (χ4n) is 0.968. The lowest BCUT2D eigenvalue weighted by molar-refractivity contribution is 0.330. The molecule has 0 aliphatic carbocycles. The van der Waals surface area contributed by atoms with Crippen LogP contribution < -0.4 is 15.8 Å². The Balaban J connectivity index is 2.68. The maximum atomic E-state index is 5.39. The second kappa shape index (κ2) is 4.62. The van der Waals surface area contributed by atoms with Gasteiger partial charge in [0.25, 0.3) is 0 Å². The van der Waals surface area contributed by atoms with Gasteiger partial charge in [-0.1, -0.05) is 12.1 Å². The average molecular weight is 166 g/mol. The van der Waals surface area contributed by atoms with Gasteiger partial charge in [-0.25, -0.2) is 0 Å². The summed E-state index contributed by atoms with van der Waals surface area (Å²) in [6.45, 7) is 1.09. The Morgan fingerprint density at radius 2 is 2.17 bits per heavy atom. The largest absolute Gasteiger partial charge is 0.490 e. The third kappa shape index (κ3) is 2.13. The van der Waals surface area contributed by atoms with E-state index in [0.717, 1.165) is 11.4 Å². The van der Waals surface area contributed by atoms with Crippen LogP contribution >= 0.6 is 0 Å². The Hall–Kier alpha value is -1.22. The van der Waals surface area contributed by atoms with Crippen molar-refractivity contribution in [2.24, 2.45) is 5.73 Å². The van der Waals surface area contributed by atoms with Crippen LogP contribution in [0.4, 0.5) is 5.69 Å². The smallest absolute Gasteiger partial charge is 0.142 e. The molecule has 0 unspecified atom stereocenters. The molecule has 0 radical (unpaired) electrons. The van der Waals surface area contributed by atoms with Crippen LogP contribution in [-0.2, 0) is 0 Å². The molecule has 0 atom stereocenters. The summed E-state index contributed by atoms with van der Waals surface area (Å²) in [5.74, 6) is 0.852. The van der Waals surface area contributed by atoms with Gasteiger partial charge in [-0.15, -0.1) is 0 Å². The van der Waals surface area contributed by atoms with Gasteiger partial charge in [-0.05, 0) is 12.1 Å². The van der Waals surface area contributed by atoms with E-state index in [2.05, 4.69) is 5.32 Å². The topological polar surface area (TPSA) is 47.3 Å². The predicted octanol–water partition coefficient (Wildman–Crippen LogP) is 1.07. The van der Waals surface area contributed by atoms with E-state index in [1.54, 1.807) is 0 Å². The van der Waals surface area contributed by atoms with Gasteiger partial charge in [-0.2, -0.15) is 0 Å². The zero-order valence-electron chi connectivity index (χ0n) is 7.21. The summed E-state index contributed by atoms with van der Waals surface area (Å²) in [5, 5.41) is 3.04. The fourth-order valence-corrected chi connectivity index (χ4v) is 0.968. The molecule has 1 aromatic carbocycles. The molecule has 1 rings (SSSR count). The molecular weight excluding hydrogens is 152 g/mol. The maximum absolute atomic E-state index is 5.39. The van der Waals surface area contributed by atoms with Crippen molar-refractivity contribution in [3.05, 3.63) is 24.3 Å². The van der Waals surface area contributed by atoms with Crippen molar-refractivity contribution >= 4 is 5.69 Å². The Kier molecular flexibility index (Phi) is 3.41. The van der Waals surface area contributed by atoms with Gasteiger partial charge < -0.3 is 15.8 Å². The normalized spacial score (nSPS) is 9.50. The molecule has 66 valence electrons. The van der Waals surface area contributed by atoms with Crippen LogP contribution in [0.3, 0.4) is 0 Å². The third-order valence-electron chi connectivity index (χ3n) is 1.53. The molecule has 3 heteroatoms. The zero-order chi connectivity index (χ0) is 8.81. The van der Waals surface area contributed by atoms with Crippen LogP contribution in [0.2, 0.25) is 0 Å². The Morgan fingerprint density at radius 3 is 2.83 bits per heavy atom. The van der Waals surface area contributed by atoms with Crippen molar-refractivity contribution < 1.29 is 4.74 Å². The molecule has 0 saturated heterocycles. The highest BCUT2D eigenvalue weighted by Crippen LogP contribution is 2.22. The lowest BCUT2D eigenvalue weighted by atomic mass is 10.3. The van der Waals surface area contributed by atoms with Gasteiger partial charge in [0.15, 0.2) is 0 Å². The standard InChI is InChI=1S/C9H14N2O/c1-11-8-4-2-3-5-9(8)12-7-6-10/h2-5,11H,6-7,10H2,1H3. The summed E-state index contributed by atoms with van der Waals surface area (Å²) in [6, 6.07) is 7.78. The van der Waals surface area contributed by atoms with Crippen LogP contribution in [0.5, 0.6) is 5.75 Å². The van der Waals surface area contributed by atoms with Gasteiger partial charge in [0, 0.05) is 13.6 Å². The molecule has 3 nitrogen and oxygen atoms in total. The summed E-state index contributed by atoms with van der Waals surface area (Å²) < 4.78 is 5.39. The van der Waals surface area contributed by atoms with E-state index in [4.69, 9.17) is 10.5 Å². The van der Waals surface area contributed by atoms with E-state index in [1.165, 1.54) is 0 Å². The number of ether oxygens (including phenoxy) is 1. The van der Waals surface area contributed by atoms with Gasteiger partial charge in [0.05, 0.1) is 5.69 Å². The van der Waals surface area contributed by atoms with Gasteiger partial charge in [-0.3, -0.25) is 0 Å². The van der Waals surface area contributed by atoms with Crippen LogP contribution in [-0.4, -0.2) is 20.2 Å². The molecule has 0 heterocycles. The molecule has 3 N–H and O–H groups in total. The highest BCUT2D eigenvalue weighted by Gasteiger charge is 1.98. The number of rotatable bonds is 4. The zero-order valence-corrected chi connectivity index (χ0v) is 7.21. The Morgan fingerprint density at radius 1 is 1.42 bits per heavy atom. The second-order valence-corrected chi connectivity index (χ2v) is 2.38. The Bertz CT molecular complexity index is 238. The molecule has 0 aliphatic rings. The van der Waals surface area contributed by atoms with Crippen LogP contribution in [0.15, 0.2) is 24.3 Å². The van der Waals surface area contributed by atoms with E-state index in [1.807, 2.05) is 31.3 Å². The van der Waals surface area contributed by atoms with E-state index in [9.17, 15) is 0 Å². The molecule has 0 bridgehead atoms. The lowest BCUT2D eigenvalue weighted by Crippen LogP contribution is -2.11. The summed E-state index contributed by atoms with van der Waals surface area (Å²) in [6.07, 6.45) is 0. The Labute approximate surface area is 72.5 Å². The molecule has 0 saturated carbocycles. The summed E-state index contributed by atoms with van der Waals surface area (Å²) >= 11 is 0. The van der Waals surface area contributed by atoms with E-state index in [-0.39, 0.29) is 0 Å². The van der Waals surface area contributed by atoms with Crippen LogP contribution in [0.1, 0.15) is 0 Å². The van der Waals surface area contributed by atoms with Gasteiger partial charge in [0.2, 0.25) is 0 Å². The molecule has 0 aromatic heterocycles. The van der Waals surface area contributed by atoms with Crippen LogP contribution in [0.25, 0.3) is 0 Å². The number of nitrogens with one attached hydrogen (secondary N) is 1. The third-order valence-corrected chi connectivity index (χ3v) is 1.53. The average Bonchev–Trinajstić information content (AvgIpc) is 2.15. The predicted molar refractivity (Wildman–Crippen MR) is 50.5 cm³/mol. The highest BCUT2D eigenvalue weighted by atomic mass is 16.5. The maximum Gasteiger partial charge on any atom is 0.142 e. The van der Waals surface area contributed by atoms with Crippen molar-refractivity contribution in [1.82, 2.24) is 0 Å². The molecule has 0 spiro atoms. The first-order chi connectivity index (χ1) is 5.88. The number of para-hydroxylation sites is 2. The molecule has 12 heavy (non-hydrogen) atoms. The first-order valence-electron chi connectivity index (χ1n) is 3.98. The molecular formula is C9H14N2O. The molecule has 0 aliphatic heterocycles. The monoisotopic (exact) mass is 166 g/mol. The lowest BCUT2D eigenvalue weighted by Gasteiger charge is -2.09. The first-order valence-corrected chi connectivity index (χ1v) is 3.98. The minimum Gasteiger partial charge on any atom is -0.490 e. The second-order valence-electron chi connectivity index (χ2n) is 2.38. The van der Waals surface area contributed by atoms with E-state index in [0.29, 0.717) is 13.2 Å². The number of anilines is 1. The molecule has 0 fully saturated rings. The van der Waals surface area contributed by atoms with Crippen molar-refractivity contribution in [3.8, 4) is 5.75 Å². The number of nitrogens with two attached hydrogens (primary N) is 1. The number of hydrogen-bond donors (Lipinski definition) is 2. The highest BCUT2D eigenvalue weighted by molar-refractivity contribution is 5.55. The van der Waals surface area contributed by atoms with Gasteiger partial charge >= 0.3 is 0 Å². The van der Waals surface area contributed by atoms with Crippen molar-refractivity contribution in [2.75, 3.05) is 25.5 Å². The van der Waals surface area contributed by atoms with E-state index >= 15 is 0 Å². The van der Waals surface area contributed by atoms with Crippen LogP contribution in [0, 0.1) is 0 Å². The summed E-state index contributed by atoms with van der Waals surface area (Å²) in [4.78, 5) is 0. The summed E-state index contributed by atoms with van der Waals surface area (Å²) in [7, 11) is 1.87. The quantitative estimate of drug-likeness (QED) is 0.703. The van der Waals surface area contributed by atoms with E-state index < -0.39 is 0 Å². The first kappa shape index (κ1) is 8.87. The minimum atomic E-state index is 0.540. The fraction of sp³-hybridized carbons (Fsp3) is 0.333. The van der Waals surface area contributed by atoms with Crippen molar-refractivity contribution in [2.45, 2.75) is 0 Å². The summed E-state index contributed by atoms with van der Waals surface area (Å²) in [5.41, 5.74) is 6.31. The van der Waals surface area contributed by atoms with Crippen molar-refractivity contribution in [1.29, 1.82) is 0 Å². The number of hydrogen-bond acceptors (Lipinski definition) is 3. The minimum absolute atomic E-state index is 0.540. The number of benzene rings is 1. The van der Waals surface area contributed by atoms with Gasteiger partial charge in [0.1, 0.15) is 12.4 Å². The molecule has 0 amide bonds.